The minimum absolute atomic E-state index is 0.0822. The third-order valence-electron chi connectivity index (χ3n) is 5.71. The lowest BCUT2D eigenvalue weighted by atomic mass is 10.1. The number of hydrogen-bond donors (Lipinski definition) is 0. The van der Waals surface area contributed by atoms with Crippen molar-refractivity contribution in [2.45, 2.75) is 36.9 Å². The summed E-state index contributed by atoms with van der Waals surface area (Å²) < 4.78 is 49.9. The van der Waals surface area contributed by atoms with Gasteiger partial charge < -0.3 is 14.1 Å². The number of thioether (sulfide) groups is 1. The van der Waals surface area contributed by atoms with Crippen molar-refractivity contribution in [1.82, 2.24) is 19.9 Å². The first-order chi connectivity index (χ1) is 18.7. The molecule has 39 heavy (non-hydrogen) atoms. The van der Waals surface area contributed by atoms with Crippen LogP contribution < -0.4 is 10.2 Å². The molecule has 0 fully saturated rings. The number of fused-ring (bicyclic) bond motifs is 1. The largest absolute Gasteiger partial charge is 0.487 e. The summed E-state index contributed by atoms with van der Waals surface area (Å²) in [4.78, 5) is 38.9. The van der Waals surface area contributed by atoms with Crippen LogP contribution >= 0.6 is 11.8 Å². The molecule has 3 heterocycles. The molecular formula is C27H25F3N4O4S. The first-order valence-corrected chi connectivity index (χ1v) is 13.1. The number of ether oxygens (including phenoxy) is 1. The predicted octanol–water partition coefficient (Wildman–Crippen LogP) is 5.61. The van der Waals surface area contributed by atoms with E-state index in [1.807, 2.05) is 0 Å². The van der Waals surface area contributed by atoms with Gasteiger partial charge in [-0.3, -0.25) is 19.6 Å². The minimum Gasteiger partial charge on any atom is -0.487 e. The Morgan fingerprint density at radius 2 is 1.92 bits per heavy atom. The smallest absolute Gasteiger partial charge is 0.416 e. The average Bonchev–Trinajstić information content (AvgIpc) is 2.92. The summed E-state index contributed by atoms with van der Waals surface area (Å²) in [6, 6.07) is 6.70. The Hall–Kier alpha value is -3.93. The average molecular weight is 559 g/mol. The van der Waals surface area contributed by atoms with Gasteiger partial charge in [-0.05, 0) is 43.2 Å². The Morgan fingerprint density at radius 1 is 1.08 bits per heavy atom. The summed E-state index contributed by atoms with van der Waals surface area (Å²) in [5.41, 5.74) is -0.550. The van der Waals surface area contributed by atoms with Crippen LogP contribution in [0.2, 0.25) is 0 Å². The number of carbonyl (C=O) groups is 1. The second-order valence-electron chi connectivity index (χ2n) is 8.62. The maximum absolute atomic E-state index is 13.0. The number of carbonyl (C=O) groups excluding carboxylic acids is 1. The van der Waals surface area contributed by atoms with Gasteiger partial charge in [0.05, 0.1) is 30.4 Å². The van der Waals surface area contributed by atoms with Gasteiger partial charge in [0.25, 0.3) is 5.91 Å². The second kappa shape index (κ2) is 12.7. The number of unbranched alkanes of at least 4 members (excludes halogenated alkanes) is 2. The van der Waals surface area contributed by atoms with Gasteiger partial charge in [0.1, 0.15) is 17.7 Å². The second-order valence-corrected chi connectivity index (χ2v) is 9.76. The normalized spacial score (nSPS) is 11.5. The molecule has 0 atom stereocenters. The van der Waals surface area contributed by atoms with Crippen molar-refractivity contribution in [3.05, 3.63) is 88.6 Å². The molecule has 1 amide bonds. The van der Waals surface area contributed by atoms with Crippen molar-refractivity contribution in [3.8, 4) is 5.75 Å². The number of halogens is 3. The number of pyridine rings is 1. The van der Waals surface area contributed by atoms with Gasteiger partial charge >= 0.3 is 6.18 Å². The lowest BCUT2D eigenvalue weighted by Gasteiger charge is -2.15. The van der Waals surface area contributed by atoms with Crippen molar-refractivity contribution in [1.29, 1.82) is 0 Å². The Kier molecular flexibility index (Phi) is 9.18. The maximum Gasteiger partial charge on any atom is 0.416 e. The Labute approximate surface area is 226 Å². The van der Waals surface area contributed by atoms with E-state index < -0.39 is 11.7 Å². The fourth-order valence-corrected chi connectivity index (χ4v) is 4.76. The summed E-state index contributed by atoms with van der Waals surface area (Å²) in [5.74, 6) is 0.828. The monoisotopic (exact) mass is 558 g/mol. The van der Waals surface area contributed by atoms with Crippen LogP contribution in [0, 0.1) is 0 Å². The van der Waals surface area contributed by atoms with Gasteiger partial charge in [-0.1, -0.05) is 6.07 Å². The van der Waals surface area contributed by atoms with Crippen molar-refractivity contribution < 1.29 is 27.1 Å². The van der Waals surface area contributed by atoms with Crippen LogP contribution in [0.3, 0.4) is 0 Å². The highest BCUT2D eigenvalue weighted by atomic mass is 32.2. The number of amides is 1. The van der Waals surface area contributed by atoms with E-state index in [9.17, 15) is 22.8 Å². The fourth-order valence-electron chi connectivity index (χ4n) is 3.71. The summed E-state index contributed by atoms with van der Waals surface area (Å²) in [6.07, 6.45) is 5.03. The van der Waals surface area contributed by atoms with E-state index in [2.05, 4.69) is 15.0 Å². The van der Waals surface area contributed by atoms with Crippen molar-refractivity contribution in [3.63, 3.8) is 0 Å². The molecule has 0 bridgehead atoms. The molecule has 0 saturated heterocycles. The Morgan fingerprint density at radius 3 is 2.67 bits per heavy atom. The van der Waals surface area contributed by atoms with E-state index in [1.54, 1.807) is 24.9 Å². The molecule has 0 N–H and O–H groups in total. The standard InChI is InChI=1S/C27H25F3N4O4S/c1-34(26(36)22-15-31-9-10-33-22)16-19-14-23(35)24(17-38-19)37-11-3-2-4-12-39-25-7-8-32-21-13-18(27(28,29)30)5-6-20(21)25/h5-10,13-15,17H,2-4,11-12,16H2,1H3. The molecule has 0 aliphatic carbocycles. The van der Waals surface area contributed by atoms with Crippen LogP contribution in [-0.2, 0) is 12.7 Å². The molecule has 204 valence electrons. The number of hydrogen-bond acceptors (Lipinski definition) is 8. The number of benzene rings is 1. The van der Waals surface area contributed by atoms with Crippen LogP contribution in [0.4, 0.5) is 13.2 Å². The molecule has 1 aromatic carbocycles. The molecule has 3 aromatic heterocycles. The third-order valence-corrected chi connectivity index (χ3v) is 6.87. The first-order valence-electron chi connectivity index (χ1n) is 12.1. The van der Waals surface area contributed by atoms with E-state index in [0.717, 1.165) is 35.6 Å². The van der Waals surface area contributed by atoms with Crippen molar-refractivity contribution in [2.75, 3.05) is 19.4 Å². The number of rotatable bonds is 11. The molecule has 0 aliphatic heterocycles. The van der Waals surface area contributed by atoms with Crippen LogP contribution in [0.15, 0.2) is 75.5 Å². The zero-order valence-corrected chi connectivity index (χ0v) is 21.8. The summed E-state index contributed by atoms with van der Waals surface area (Å²) in [7, 11) is 1.57. The van der Waals surface area contributed by atoms with Crippen LogP contribution in [0.1, 0.15) is 41.1 Å². The van der Waals surface area contributed by atoms with Crippen molar-refractivity contribution in [2.24, 2.45) is 0 Å². The van der Waals surface area contributed by atoms with E-state index in [-0.39, 0.29) is 29.3 Å². The lowest BCUT2D eigenvalue weighted by molar-refractivity contribution is -0.137. The molecule has 0 saturated carbocycles. The molecule has 4 aromatic rings. The van der Waals surface area contributed by atoms with Crippen LogP contribution in [-0.4, -0.2) is 45.2 Å². The van der Waals surface area contributed by atoms with Gasteiger partial charge in [-0.2, -0.15) is 13.2 Å². The zero-order chi connectivity index (χ0) is 27.8. The maximum atomic E-state index is 13.0. The first kappa shape index (κ1) is 28.1. The molecule has 12 heteroatoms. The van der Waals surface area contributed by atoms with Gasteiger partial charge in [-0.25, -0.2) is 4.98 Å². The van der Waals surface area contributed by atoms with E-state index in [4.69, 9.17) is 9.15 Å². The molecule has 0 unspecified atom stereocenters. The summed E-state index contributed by atoms with van der Waals surface area (Å²) in [5, 5.41) is 0.693. The topological polar surface area (TPSA) is 98.4 Å². The molecule has 8 nitrogen and oxygen atoms in total. The molecule has 0 radical (unpaired) electrons. The highest BCUT2D eigenvalue weighted by Crippen LogP contribution is 2.34. The summed E-state index contributed by atoms with van der Waals surface area (Å²) in [6.45, 7) is 0.414. The van der Waals surface area contributed by atoms with E-state index in [1.165, 1.54) is 48.1 Å². The molecule has 0 spiro atoms. The Bertz CT molecular complexity index is 1480. The highest BCUT2D eigenvalue weighted by Gasteiger charge is 2.30. The van der Waals surface area contributed by atoms with Crippen molar-refractivity contribution >= 4 is 28.6 Å². The SMILES string of the molecule is CN(Cc1cc(=O)c(OCCCCCSc2ccnc3cc(C(F)(F)F)ccc23)co1)C(=O)c1cnccn1. The highest BCUT2D eigenvalue weighted by molar-refractivity contribution is 7.99. The number of alkyl halides is 3. The Balaban J connectivity index is 1.19. The van der Waals surface area contributed by atoms with Gasteiger partial charge in [0.15, 0.2) is 0 Å². The van der Waals surface area contributed by atoms with E-state index >= 15 is 0 Å². The fraction of sp³-hybridized carbons (Fsp3) is 0.296. The van der Waals surface area contributed by atoms with Crippen LogP contribution in [0.25, 0.3) is 10.9 Å². The number of aromatic nitrogens is 3. The zero-order valence-electron chi connectivity index (χ0n) is 21.0. The van der Waals surface area contributed by atoms with E-state index in [0.29, 0.717) is 29.7 Å². The molecule has 0 aliphatic rings. The van der Waals surface area contributed by atoms with Gasteiger partial charge in [0.2, 0.25) is 11.2 Å². The third kappa shape index (κ3) is 7.56. The van der Waals surface area contributed by atoms with Crippen LogP contribution in [0.5, 0.6) is 5.75 Å². The summed E-state index contributed by atoms with van der Waals surface area (Å²) >= 11 is 1.56. The van der Waals surface area contributed by atoms with Gasteiger partial charge in [0, 0.05) is 42.0 Å². The molecule has 4 rings (SSSR count). The lowest BCUT2D eigenvalue weighted by Crippen LogP contribution is -2.27. The number of nitrogens with zero attached hydrogens (tertiary/aromatic N) is 4. The quantitative estimate of drug-likeness (QED) is 0.173. The molecular weight excluding hydrogens is 533 g/mol. The minimum atomic E-state index is -4.40. The van der Waals surface area contributed by atoms with Gasteiger partial charge in [-0.15, -0.1) is 11.8 Å². The predicted molar refractivity (Wildman–Crippen MR) is 140 cm³/mol.